The average Bonchev–Trinajstić information content (AvgIpc) is 2.62. The first-order chi connectivity index (χ1) is 12.7. The molecule has 1 N–H and O–H groups in total. The number of benzene rings is 1. The molecule has 1 saturated heterocycles. The van der Waals surface area contributed by atoms with Gasteiger partial charge in [0.15, 0.2) is 0 Å². The van der Waals surface area contributed by atoms with E-state index in [-0.39, 0.29) is 42.4 Å². The van der Waals surface area contributed by atoms with E-state index in [1.54, 1.807) is 0 Å². The lowest BCUT2D eigenvalue weighted by molar-refractivity contribution is -0.144. The summed E-state index contributed by atoms with van der Waals surface area (Å²) in [5.74, 6) is 0.0367. The number of halogens is 8. The molecule has 168 valence electrons. The lowest BCUT2D eigenvalue weighted by atomic mass is 9.78. The molecule has 3 rings (SSSR count). The summed E-state index contributed by atoms with van der Waals surface area (Å²) >= 11 is 0. The van der Waals surface area contributed by atoms with E-state index in [0.717, 1.165) is 44.2 Å². The van der Waals surface area contributed by atoms with E-state index < -0.39 is 29.5 Å². The second kappa shape index (κ2) is 10.6. The largest absolute Gasteiger partial charge is 0.416 e. The van der Waals surface area contributed by atoms with Crippen molar-refractivity contribution < 1.29 is 26.3 Å². The molecular formula is C19H26Cl2F6N2. The molecule has 0 aromatic heterocycles. The van der Waals surface area contributed by atoms with Crippen molar-refractivity contribution >= 4 is 24.8 Å². The Labute approximate surface area is 179 Å². The fraction of sp³-hybridized carbons (Fsp3) is 0.684. The summed E-state index contributed by atoms with van der Waals surface area (Å²) in [6, 6.07) is 1.65. The second-order valence-corrected chi connectivity index (χ2v) is 7.43. The molecule has 0 bridgehead atoms. The maximum atomic E-state index is 13.7. The summed E-state index contributed by atoms with van der Waals surface area (Å²) in [5, 5.41) is 3.19. The van der Waals surface area contributed by atoms with Gasteiger partial charge in [0.25, 0.3) is 0 Å². The summed E-state index contributed by atoms with van der Waals surface area (Å²) in [4.78, 5) is 2.02. The van der Waals surface area contributed by atoms with Crippen LogP contribution in [0.1, 0.15) is 54.8 Å². The van der Waals surface area contributed by atoms with Gasteiger partial charge in [0.2, 0.25) is 0 Å². The lowest BCUT2D eigenvalue weighted by Gasteiger charge is -2.42. The van der Waals surface area contributed by atoms with Gasteiger partial charge in [0.1, 0.15) is 0 Å². The highest BCUT2D eigenvalue weighted by Crippen LogP contribution is 2.45. The predicted molar refractivity (Wildman–Crippen MR) is 105 cm³/mol. The van der Waals surface area contributed by atoms with Crippen LogP contribution in [0, 0.1) is 5.92 Å². The molecule has 0 amide bonds. The molecule has 2 aliphatic rings. The zero-order valence-electron chi connectivity index (χ0n) is 15.8. The molecule has 0 spiro atoms. The van der Waals surface area contributed by atoms with E-state index >= 15 is 0 Å². The molecule has 2 fully saturated rings. The Bertz CT molecular complexity index is 621. The molecule has 0 unspecified atom stereocenters. The SMILES string of the molecule is Cl.Cl.FC(F)(F)c1ccc([C@@H](C2CCCCC2)N2CCNCC2)c(C(F)(F)F)c1. The van der Waals surface area contributed by atoms with Gasteiger partial charge in [0.05, 0.1) is 11.1 Å². The summed E-state index contributed by atoms with van der Waals surface area (Å²) in [6.45, 7) is 2.54. The van der Waals surface area contributed by atoms with Crippen LogP contribution >= 0.6 is 24.8 Å². The van der Waals surface area contributed by atoms with Gasteiger partial charge in [-0.1, -0.05) is 25.3 Å². The van der Waals surface area contributed by atoms with Crippen LogP contribution in [0.2, 0.25) is 0 Å². The zero-order valence-corrected chi connectivity index (χ0v) is 17.4. The van der Waals surface area contributed by atoms with Gasteiger partial charge in [-0.25, -0.2) is 0 Å². The van der Waals surface area contributed by atoms with E-state index in [2.05, 4.69) is 5.32 Å². The first-order valence-electron chi connectivity index (χ1n) is 9.41. The van der Waals surface area contributed by atoms with Crippen LogP contribution < -0.4 is 5.32 Å². The van der Waals surface area contributed by atoms with Crippen molar-refractivity contribution in [2.75, 3.05) is 26.2 Å². The van der Waals surface area contributed by atoms with Crippen molar-refractivity contribution in [2.45, 2.75) is 50.5 Å². The van der Waals surface area contributed by atoms with Crippen molar-refractivity contribution in [1.82, 2.24) is 10.2 Å². The fourth-order valence-corrected chi connectivity index (χ4v) is 4.39. The Kier molecular flexibility index (Phi) is 9.58. The molecule has 1 heterocycles. The van der Waals surface area contributed by atoms with Gasteiger partial charge in [-0.3, -0.25) is 4.90 Å². The average molecular weight is 467 g/mol. The van der Waals surface area contributed by atoms with Crippen molar-refractivity contribution in [1.29, 1.82) is 0 Å². The topological polar surface area (TPSA) is 15.3 Å². The number of rotatable bonds is 3. The molecule has 2 nitrogen and oxygen atoms in total. The molecule has 1 aromatic carbocycles. The number of alkyl halides is 6. The molecule has 1 aliphatic carbocycles. The minimum Gasteiger partial charge on any atom is -0.314 e. The minimum absolute atomic E-state index is 0. The maximum Gasteiger partial charge on any atom is 0.416 e. The van der Waals surface area contributed by atoms with Crippen molar-refractivity contribution in [3.8, 4) is 0 Å². The van der Waals surface area contributed by atoms with Crippen LogP contribution in [0.25, 0.3) is 0 Å². The Balaban J connectivity index is 0.00000210. The number of nitrogens with zero attached hydrogens (tertiary/aromatic N) is 1. The summed E-state index contributed by atoms with van der Waals surface area (Å²) in [7, 11) is 0. The second-order valence-electron chi connectivity index (χ2n) is 7.43. The van der Waals surface area contributed by atoms with E-state index in [1.807, 2.05) is 4.90 Å². The number of nitrogens with one attached hydrogen (secondary N) is 1. The van der Waals surface area contributed by atoms with Gasteiger partial charge < -0.3 is 5.32 Å². The maximum absolute atomic E-state index is 13.7. The molecule has 1 aliphatic heterocycles. The Morgan fingerprint density at radius 1 is 0.862 bits per heavy atom. The summed E-state index contributed by atoms with van der Waals surface area (Å²) in [6.07, 6.45) is -5.03. The monoisotopic (exact) mass is 466 g/mol. The Hall–Kier alpha value is -0.700. The number of piperazine rings is 1. The molecular weight excluding hydrogens is 441 g/mol. The quantitative estimate of drug-likeness (QED) is 0.541. The summed E-state index contributed by atoms with van der Waals surface area (Å²) in [5.41, 5.74) is -2.41. The van der Waals surface area contributed by atoms with Gasteiger partial charge >= 0.3 is 12.4 Å². The Morgan fingerprint density at radius 2 is 1.45 bits per heavy atom. The predicted octanol–water partition coefficient (Wildman–Crippen LogP) is 6.09. The normalized spacial score (nSPS) is 20.5. The van der Waals surface area contributed by atoms with Gasteiger partial charge in [-0.05, 0) is 36.5 Å². The molecule has 29 heavy (non-hydrogen) atoms. The third-order valence-corrected chi connectivity index (χ3v) is 5.65. The molecule has 1 aromatic rings. The van der Waals surface area contributed by atoms with E-state index in [4.69, 9.17) is 0 Å². The smallest absolute Gasteiger partial charge is 0.314 e. The van der Waals surface area contributed by atoms with Crippen LogP contribution in [0.3, 0.4) is 0 Å². The van der Waals surface area contributed by atoms with Crippen LogP contribution in [0.15, 0.2) is 18.2 Å². The number of hydrogen-bond acceptors (Lipinski definition) is 2. The standard InChI is InChI=1S/C19H24F6N2.2ClH/c20-18(21,22)14-6-7-15(16(12-14)19(23,24)25)17(13-4-2-1-3-5-13)27-10-8-26-9-11-27;;/h6-7,12-13,17,26H,1-5,8-11H2;2*1H/t17-;;/m1../s1. The molecule has 1 atom stereocenters. The first kappa shape index (κ1) is 26.3. The highest BCUT2D eigenvalue weighted by molar-refractivity contribution is 5.85. The van der Waals surface area contributed by atoms with Crippen molar-refractivity contribution in [3.05, 3.63) is 34.9 Å². The third-order valence-electron chi connectivity index (χ3n) is 5.65. The Morgan fingerprint density at radius 3 is 1.97 bits per heavy atom. The lowest BCUT2D eigenvalue weighted by Crippen LogP contribution is -2.47. The minimum atomic E-state index is -4.82. The van der Waals surface area contributed by atoms with E-state index in [0.29, 0.717) is 26.2 Å². The van der Waals surface area contributed by atoms with Gasteiger partial charge in [-0.2, -0.15) is 26.3 Å². The highest BCUT2D eigenvalue weighted by Gasteiger charge is 2.42. The highest BCUT2D eigenvalue weighted by atomic mass is 35.5. The first-order valence-corrected chi connectivity index (χ1v) is 9.41. The van der Waals surface area contributed by atoms with Crippen molar-refractivity contribution in [2.24, 2.45) is 5.92 Å². The zero-order chi connectivity index (χ0) is 19.7. The molecule has 10 heteroatoms. The van der Waals surface area contributed by atoms with Crippen molar-refractivity contribution in [3.63, 3.8) is 0 Å². The van der Waals surface area contributed by atoms with E-state index in [1.165, 1.54) is 0 Å². The van der Waals surface area contributed by atoms with Crippen LogP contribution in [0.4, 0.5) is 26.3 Å². The summed E-state index contributed by atoms with van der Waals surface area (Å²) < 4.78 is 80.2. The van der Waals surface area contributed by atoms with Crippen LogP contribution in [0.5, 0.6) is 0 Å². The van der Waals surface area contributed by atoms with Gasteiger partial charge in [0, 0.05) is 32.2 Å². The molecule has 1 saturated carbocycles. The number of hydrogen-bond donors (Lipinski definition) is 1. The third kappa shape index (κ3) is 6.39. The van der Waals surface area contributed by atoms with Gasteiger partial charge in [-0.15, -0.1) is 24.8 Å². The fourth-order valence-electron chi connectivity index (χ4n) is 4.39. The van der Waals surface area contributed by atoms with Crippen LogP contribution in [-0.2, 0) is 12.4 Å². The molecule has 0 radical (unpaired) electrons. The van der Waals surface area contributed by atoms with Crippen LogP contribution in [-0.4, -0.2) is 31.1 Å². The van der Waals surface area contributed by atoms with E-state index in [9.17, 15) is 26.3 Å².